The van der Waals surface area contributed by atoms with E-state index in [4.69, 9.17) is 0 Å². The van der Waals surface area contributed by atoms with Gasteiger partial charge in [0, 0.05) is 39.1 Å². The lowest BCUT2D eigenvalue weighted by molar-refractivity contribution is 0.0914. The monoisotopic (exact) mass is 327 g/mol. The van der Waals surface area contributed by atoms with Gasteiger partial charge in [0.15, 0.2) is 0 Å². The van der Waals surface area contributed by atoms with Gasteiger partial charge in [0.1, 0.15) is 5.56 Å². The molecule has 0 radical (unpaired) electrons. The lowest BCUT2D eigenvalue weighted by Crippen LogP contribution is -2.34. The maximum atomic E-state index is 12.1. The molecule has 1 atom stereocenters. The van der Waals surface area contributed by atoms with Crippen molar-refractivity contribution < 1.29 is 9.90 Å². The second-order valence-electron chi connectivity index (χ2n) is 6.12. The number of aliphatic hydroxyl groups excluding tert-OH is 1. The van der Waals surface area contributed by atoms with Gasteiger partial charge in [-0.3, -0.25) is 9.59 Å². The molecule has 1 aromatic heterocycles. The average molecular weight is 327 g/mol. The van der Waals surface area contributed by atoms with Crippen LogP contribution in [0.1, 0.15) is 27.6 Å². The Kier molecular flexibility index (Phi) is 4.40. The highest BCUT2D eigenvalue weighted by atomic mass is 16.3. The smallest absolute Gasteiger partial charge is 0.263 e. The molecule has 3 rings (SSSR count). The molecule has 1 aliphatic heterocycles. The van der Waals surface area contributed by atoms with Crippen molar-refractivity contribution in [2.24, 2.45) is 7.05 Å². The third kappa shape index (κ3) is 3.05. The molecule has 2 N–H and O–H groups in total. The molecule has 24 heavy (non-hydrogen) atoms. The Morgan fingerprint density at radius 1 is 1.33 bits per heavy atom. The van der Waals surface area contributed by atoms with Crippen molar-refractivity contribution in [1.29, 1.82) is 0 Å². The Hall–Kier alpha value is -2.60. The Morgan fingerprint density at radius 2 is 2.12 bits per heavy atom. The van der Waals surface area contributed by atoms with E-state index in [0.717, 1.165) is 18.5 Å². The van der Waals surface area contributed by atoms with E-state index in [-0.39, 0.29) is 17.7 Å². The zero-order valence-corrected chi connectivity index (χ0v) is 13.8. The number of nitrogens with zero attached hydrogens (tertiary/aromatic N) is 2. The van der Waals surface area contributed by atoms with Crippen LogP contribution in [0, 0.1) is 0 Å². The molecule has 6 heteroatoms. The molecule has 6 nitrogen and oxygen atoms in total. The zero-order valence-electron chi connectivity index (χ0n) is 13.8. The molecule has 2 heterocycles. The number of hydrogen-bond acceptors (Lipinski definition) is 4. The van der Waals surface area contributed by atoms with Crippen LogP contribution in [0.3, 0.4) is 0 Å². The first-order chi connectivity index (χ1) is 11.5. The third-order valence-electron chi connectivity index (χ3n) is 4.44. The van der Waals surface area contributed by atoms with Gasteiger partial charge in [-0.1, -0.05) is 12.1 Å². The maximum Gasteiger partial charge on any atom is 0.263 e. The Morgan fingerprint density at radius 3 is 2.92 bits per heavy atom. The Labute approximate surface area is 140 Å². The zero-order chi connectivity index (χ0) is 17.3. The van der Waals surface area contributed by atoms with Crippen molar-refractivity contribution in [3.8, 4) is 0 Å². The van der Waals surface area contributed by atoms with E-state index in [0.29, 0.717) is 0 Å². The van der Waals surface area contributed by atoms with E-state index in [9.17, 15) is 14.7 Å². The number of fused-ring (bicyclic) bond motifs is 1. The number of hydrogen-bond donors (Lipinski definition) is 2. The number of likely N-dealkylation sites (N-methyl/N-ethyl adjacent to an activating group) is 1. The van der Waals surface area contributed by atoms with Crippen molar-refractivity contribution in [2.75, 3.05) is 25.0 Å². The molecular formula is C18H21N3O3. The third-order valence-corrected chi connectivity index (χ3v) is 4.44. The van der Waals surface area contributed by atoms with Crippen LogP contribution in [-0.2, 0) is 13.5 Å². The van der Waals surface area contributed by atoms with Crippen LogP contribution in [0.2, 0.25) is 0 Å². The molecule has 0 spiro atoms. The van der Waals surface area contributed by atoms with E-state index in [2.05, 4.69) is 10.2 Å². The predicted molar refractivity (Wildman–Crippen MR) is 92.4 cm³/mol. The number of rotatable bonds is 4. The molecule has 0 saturated heterocycles. The van der Waals surface area contributed by atoms with Gasteiger partial charge >= 0.3 is 0 Å². The summed E-state index contributed by atoms with van der Waals surface area (Å²) in [4.78, 5) is 26.2. The fraction of sp³-hybridized carbons (Fsp3) is 0.333. The predicted octanol–water partition coefficient (Wildman–Crippen LogP) is 0.841. The van der Waals surface area contributed by atoms with Crippen molar-refractivity contribution in [3.05, 3.63) is 63.6 Å². The number of benzene rings is 1. The summed E-state index contributed by atoms with van der Waals surface area (Å²) in [5, 5.41) is 13.0. The van der Waals surface area contributed by atoms with E-state index < -0.39 is 12.0 Å². The lowest BCUT2D eigenvalue weighted by atomic mass is 10.0. The lowest BCUT2D eigenvalue weighted by Gasteiger charge is -2.15. The van der Waals surface area contributed by atoms with Gasteiger partial charge in [0.2, 0.25) is 0 Å². The van der Waals surface area contributed by atoms with Crippen LogP contribution < -0.4 is 15.8 Å². The summed E-state index contributed by atoms with van der Waals surface area (Å²) in [7, 11) is 3.64. The van der Waals surface area contributed by atoms with E-state index in [1.165, 1.54) is 21.9 Å². The fourth-order valence-corrected chi connectivity index (χ4v) is 2.97. The largest absolute Gasteiger partial charge is 0.387 e. The summed E-state index contributed by atoms with van der Waals surface area (Å²) in [6, 6.07) is 8.98. The highest BCUT2D eigenvalue weighted by molar-refractivity contribution is 5.93. The van der Waals surface area contributed by atoms with Crippen LogP contribution in [0.25, 0.3) is 0 Å². The number of aryl methyl sites for hydroxylation is 1. The minimum Gasteiger partial charge on any atom is -0.387 e. The topological polar surface area (TPSA) is 74.6 Å². The van der Waals surface area contributed by atoms with Crippen molar-refractivity contribution in [3.63, 3.8) is 0 Å². The number of pyridine rings is 1. The summed E-state index contributed by atoms with van der Waals surface area (Å²) in [6.07, 6.45) is 1.74. The summed E-state index contributed by atoms with van der Waals surface area (Å²) in [5.41, 5.74) is 2.87. The van der Waals surface area contributed by atoms with Gasteiger partial charge in [-0.25, -0.2) is 0 Å². The van der Waals surface area contributed by atoms with Gasteiger partial charge in [0.25, 0.3) is 11.5 Å². The Balaban J connectivity index is 1.67. The highest BCUT2D eigenvalue weighted by Crippen LogP contribution is 2.29. The summed E-state index contributed by atoms with van der Waals surface area (Å²) in [6.45, 7) is 1.04. The minimum atomic E-state index is -0.808. The van der Waals surface area contributed by atoms with E-state index in [1.807, 2.05) is 25.2 Å². The van der Waals surface area contributed by atoms with Gasteiger partial charge in [0.05, 0.1) is 6.10 Å². The number of aromatic nitrogens is 1. The number of aliphatic hydroxyl groups is 1. The molecule has 1 aromatic carbocycles. The van der Waals surface area contributed by atoms with Gasteiger partial charge in [-0.05, 0) is 35.7 Å². The van der Waals surface area contributed by atoms with E-state index >= 15 is 0 Å². The standard InChI is InChI=1S/C18H21N3O3/c1-20-9-7-12-10-13(5-6-15(12)20)16(22)11-19-17(23)14-4-3-8-21(2)18(14)24/h3-6,8,10,16,22H,7,9,11H2,1-2H3,(H,19,23)/t16-/m0/s1. The molecule has 2 aromatic rings. The summed E-state index contributed by atoms with van der Waals surface area (Å²) < 4.78 is 1.35. The van der Waals surface area contributed by atoms with Crippen LogP contribution in [0.5, 0.6) is 0 Å². The molecule has 126 valence electrons. The molecule has 1 aliphatic rings. The molecular weight excluding hydrogens is 306 g/mol. The van der Waals surface area contributed by atoms with Gasteiger partial charge in [-0.15, -0.1) is 0 Å². The van der Waals surface area contributed by atoms with Crippen molar-refractivity contribution in [2.45, 2.75) is 12.5 Å². The van der Waals surface area contributed by atoms with Gasteiger partial charge < -0.3 is 19.9 Å². The van der Waals surface area contributed by atoms with Crippen molar-refractivity contribution in [1.82, 2.24) is 9.88 Å². The first kappa shape index (κ1) is 16.3. The van der Waals surface area contributed by atoms with Crippen LogP contribution in [0.4, 0.5) is 5.69 Å². The number of carbonyl (C=O) groups excluding carboxylic acids is 1. The minimum absolute atomic E-state index is 0.0610. The molecule has 0 bridgehead atoms. The average Bonchev–Trinajstić information content (AvgIpc) is 2.95. The second kappa shape index (κ2) is 6.49. The fourth-order valence-electron chi connectivity index (χ4n) is 2.97. The van der Waals surface area contributed by atoms with Gasteiger partial charge in [-0.2, -0.15) is 0 Å². The number of amides is 1. The first-order valence-electron chi connectivity index (χ1n) is 7.93. The summed E-state index contributed by atoms with van der Waals surface area (Å²) in [5.74, 6) is -0.476. The molecule has 0 fully saturated rings. The van der Waals surface area contributed by atoms with Crippen molar-refractivity contribution >= 4 is 11.6 Å². The molecule has 0 unspecified atom stereocenters. The Bertz CT molecular complexity index is 828. The van der Waals surface area contributed by atoms with E-state index in [1.54, 1.807) is 19.3 Å². The SMILES string of the molecule is CN1CCc2cc([C@@H](O)CNC(=O)c3cccn(C)c3=O)ccc21. The normalized spacial score (nSPS) is 14.4. The molecule has 0 aliphatic carbocycles. The molecule has 1 amide bonds. The summed E-state index contributed by atoms with van der Waals surface area (Å²) >= 11 is 0. The molecule has 0 saturated carbocycles. The maximum absolute atomic E-state index is 12.1. The van der Waals surface area contributed by atoms with Crippen LogP contribution in [0.15, 0.2) is 41.3 Å². The number of carbonyl (C=O) groups is 1. The van der Waals surface area contributed by atoms with Crippen LogP contribution >= 0.6 is 0 Å². The number of anilines is 1. The quantitative estimate of drug-likeness (QED) is 0.873. The first-order valence-corrected chi connectivity index (χ1v) is 7.93. The second-order valence-corrected chi connectivity index (χ2v) is 6.12. The number of nitrogens with one attached hydrogen (secondary N) is 1. The highest BCUT2D eigenvalue weighted by Gasteiger charge is 2.19. The van der Waals surface area contributed by atoms with Crippen LogP contribution in [-0.4, -0.2) is 35.7 Å².